The fourth-order valence-electron chi connectivity index (χ4n) is 1.31. The van der Waals surface area contributed by atoms with Crippen LogP contribution in [0.2, 0.25) is 0 Å². The molecule has 0 radical (unpaired) electrons. The molecule has 16 heavy (non-hydrogen) atoms. The van der Waals surface area contributed by atoms with E-state index < -0.39 is 35.8 Å². The van der Waals surface area contributed by atoms with Crippen molar-refractivity contribution in [2.24, 2.45) is 0 Å². The van der Waals surface area contributed by atoms with Gasteiger partial charge in [-0.3, -0.25) is 9.59 Å². The third-order valence-electron chi connectivity index (χ3n) is 2.04. The van der Waals surface area contributed by atoms with Crippen LogP contribution in [0.3, 0.4) is 0 Å². The van der Waals surface area contributed by atoms with Crippen LogP contribution < -0.4 is 0 Å². The van der Waals surface area contributed by atoms with E-state index in [1.807, 2.05) is 0 Å². The molecule has 0 heterocycles. The summed E-state index contributed by atoms with van der Waals surface area (Å²) in [6.07, 6.45) is -0.716. The predicted octanol–water partition coefficient (Wildman–Crippen LogP) is 1.17. The Morgan fingerprint density at radius 3 is 2.44 bits per heavy atom. The fraction of sp³-hybridized carbons (Fsp3) is 0.200. The van der Waals surface area contributed by atoms with Gasteiger partial charge < -0.3 is 15.3 Å². The Kier molecular flexibility index (Phi) is 3.44. The fourth-order valence-corrected chi connectivity index (χ4v) is 1.31. The summed E-state index contributed by atoms with van der Waals surface area (Å²) in [5, 5.41) is 26.7. The van der Waals surface area contributed by atoms with Crippen LogP contribution in [0.1, 0.15) is 17.9 Å². The van der Waals surface area contributed by atoms with E-state index in [1.165, 1.54) is 0 Å². The van der Waals surface area contributed by atoms with Crippen LogP contribution in [0, 0.1) is 5.82 Å². The largest absolute Gasteiger partial charge is 0.508 e. The molecular weight excluding hydrogens is 219 g/mol. The minimum Gasteiger partial charge on any atom is -0.508 e. The predicted molar refractivity (Wildman–Crippen MR) is 50.7 cm³/mol. The van der Waals surface area contributed by atoms with E-state index in [0.29, 0.717) is 0 Å². The van der Waals surface area contributed by atoms with Crippen LogP contribution in [0.4, 0.5) is 4.39 Å². The van der Waals surface area contributed by atoms with E-state index in [9.17, 15) is 19.1 Å². The van der Waals surface area contributed by atoms with Gasteiger partial charge in [0, 0.05) is 5.56 Å². The van der Waals surface area contributed by atoms with Gasteiger partial charge in [-0.05, 0) is 18.2 Å². The molecular formula is C10H9FO5. The molecule has 0 fully saturated rings. The average Bonchev–Trinajstić information content (AvgIpc) is 2.18. The number of halogens is 1. The minimum atomic E-state index is -1.46. The molecule has 0 spiro atoms. The van der Waals surface area contributed by atoms with Gasteiger partial charge in [-0.1, -0.05) is 0 Å². The lowest BCUT2D eigenvalue weighted by Crippen LogP contribution is -2.16. The number of rotatable bonds is 4. The van der Waals surface area contributed by atoms with Gasteiger partial charge >= 0.3 is 11.9 Å². The van der Waals surface area contributed by atoms with Crippen molar-refractivity contribution < 1.29 is 29.3 Å². The molecule has 86 valence electrons. The maximum atomic E-state index is 12.9. The average molecular weight is 228 g/mol. The number of aliphatic carboxylic acids is 2. The van der Waals surface area contributed by atoms with E-state index in [4.69, 9.17) is 10.2 Å². The normalized spacial score (nSPS) is 12.1. The van der Waals surface area contributed by atoms with Crippen molar-refractivity contribution in [3.8, 4) is 5.75 Å². The van der Waals surface area contributed by atoms with Crippen molar-refractivity contribution in [1.82, 2.24) is 0 Å². The molecule has 1 atom stereocenters. The van der Waals surface area contributed by atoms with Crippen molar-refractivity contribution in [3.63, 3.8) is 0 Å². The molecule has 5 nitrogen and oxygen atoms in total. The lowest BCUT2D eigenvalue weighted by Gasteiger charge is -2.11. The first kappa shape index (κ1) is 12.0. The molecule has 0 aliphatic rings. The maximum Gasteiger partial charge on any atom is 0.311 e. The van der Waals surface area contributed by atoms with Gasteiger partial charge in [0.25, 0.3) is 0 Å². The van der Waals surface area contributed by atoms with Crippen molar-refractivity contribution in [2.75, 3.05) is 0 Å². The number of carboxylic acids is 2. The van der Waals surface area contributed by atoms with Gasteiger partial charge in [0.05, 0.1) is 12.3 Å². The summed E-state index contributed by atoms with van der Waals surface area (Å²) in [5.41, 5.74) is -0.241. The van der Waals surface area contributed by atoms with Crippen molar-refractivity contribution in [2.45, 2.75) is 12.3 Å². The number of phenols is 1. The van der Waals surface area contributed by atoms with E-state index in [2.05, 4.69) is 0 Å². The molecule has 1 unspecified atom stereocenters. The number of carbonyl (C=O) groups is 2. The van der Waals surface area contributed by atoms with Gasteiger partial charge in [0.15, 0.2) is 0 Å². The van der Waals surface area contributed by atoms with E-state index in [-0.39, 0.29) is 5.56 Å². The topological polar surface area (TPSA) is 94.8 Å². The quantitative estimate of drug-likeness (QED) is 0.719. The second-order valence-electron chi connectivity index (χ2n) is 3.19. The summed E-state index contributed by atoms with van der Waals surface area (Å²) in [6.45, 7) is 0. The standard InChI is InChI=1S/C10H9FO5/c11-5-1-2-8(12)6(3-5)7(10(15)16)4-9(13)14/h1-3,7,12H,4H2,(H,13,14)(H,15,16). The molecule has 0 saturated carbocycles. The number of aromatic hydroxyl groups is 1. The summed E-state index contributed by atoms with van der Waals surface area (Å²) in [5.74, 6) is -5.40. The number of benzene rings is 1. The molecule has 3 N–H and O–H groups in total. The van der Waals surface area contributed by atoms with Crippen molar-refractivity contribution in [1.29, 1.82) is 0 Å². The van der Waals surface area contributed by atoms with Gasteiger partial charge in [-0.25, -0.2) is 4.39 Å². The van der Waals surface area contributed by atoms with Crippen LogP contribution in [0.5, 0.6) is 5.75 Å². The zero-order valence-corrected chi connectivity index (χ0v) is 8.05. The molecule has 0 aromatic heterocycles. The first-order chi connectivity index (χ1) is 7.41. The Bertz CT molecular complexity index is 429. The summed E-state index contributed by atoms with van der Waals surface area (Å²) in [7, 11) is 0. The highest BCUT2D eigenvalue weighted by molar-refractivity contribution is 5.83. The third kappa shape index (κ3) is 2.69. The Morgan fingerprint density at radius 2 is 1.94 bits per heavy atom. The van der Waals surface area contributed by atoms with Crippen LogP contribution >= 0.6 is 0 Å². The smallest absolute Gasteiger partial charge is 0.311 e. The van der Waals surface area contributed by atoms with Crippen LogP contribution in [0.25, 0.3) is 0 Å². The second-order valence-corrected chi connectivity index (χ2v) is 3.19. The number of carboxylic acid groups (broad SMARTS) is 2. The highest BCUT2D eigenvalue weighted by Crippen LogP contribution is 2.29. The molecule has 1 aromatic carbocycles. The zero-order valence-electron chi connectivity index (χ0n) is 8.05. The van der Waals surface area contributed by atoms with Crippen molar-refractivity contribution in [3.05, 3.63) is 29.6 Å². The van der Waals surface area contributed by atoms with Crippen molar-refractivity contribution >= 4 is 11.9 Å². The summed E-state index contributed by atoms with van der Waals surface area (Å²) >= 11 is 0. The monoisotopic (exact) mass is 228 g/mol. The van der Waals surface area contributed by atoms with Gasteiger partial charge in [0.1, 0.15) is 11.6 Å². The Morgan fingerprint density at radius 1 is 1.31 bits per heavy atom. The summed E-state index contributed by atoms with van der Waals surface area (Å²) in [4.78, 5) is 21.2. The van der Waals surface area contributed by atoms with E-state index >= 15 is 0 Å². The highest BCUT2D eigenvalue weighted by Gasteiger charge is 2.26. The highest BCUT2D eigenvalue weighted by atomic mass is 19.1. The number of phenolic OH excluding ortho intramolecular Hbond substituents is 1. The summed E-state index contributed by atoms with van der Waals surface area (Å²) in [6, 6.07) is 2.76. The molecule has 1 aromatic rings. The lowest BCUT2D eigenvalue weighted by molar-refractivity contribution is -0.145. The van der Waals surface area contributed by atoms with Crippen LogP contribution in [-0.2, 0) is 9.59 Å². The Labute approximate surface area is 89.8 Å². The number of hydrogen-bond acceptors (Lipinski definition) is 3. The van der Waals surface area contributed by atoms with Crippen LogP contribution in [0.15, 0.2) is 18.2 Å². The zero-order chi connectivity index (χ0) is 12.3. The Balaban J connectivity index is 3.14. The van der Waals surface area contributed by atoms with Gasteiger partial charge in [-0.2, -0.15) is 0 Å². The molecule has 0 bridgehead atoms. The second kappa shape index (κ2) is 4.61. The molecule has 0 aliphatic heterocycles. The van der Waals surface area contributed by atoms with Gasteiger partial charge in [-0.15, -0.1) is 0 Å². The molecule has 0 amide bonds. The molecule has 6 heteroatoms. The maximum absolute atomic E-state index is 12.9. The SMILES string of the molecule is O=C(O)CC(C(=O)O)c1cc(F)ccc1O. The third-order valence-corrected chi connectivity index (χ3v) is 2.04. The first-order valence-electron chi connectivity index (χ1n) is 4.35. The Hall–Kier alpha value is -2.11. The van der Waals surface area contributed by atoms with Gasteiger partial charge in [0.2, 0.25) is 0 Å². The number of hydrogen-bond donors (Lipinski definition) is 3. The molecule has 0 saturated heterocycles. The van der Waals surface area contributed by atoms with E-state index in [0.717, 1.165) is 18.2 Å². The summed E-state index contributed by atoms with van der Waals surface area (Å²) < 4.78 is 12.9. The van der Waals surface area contributed by atoms with E-state index in [1.54, 1.807) is 0 Å². The molecule has 1 rings (SSSR count). The molecule has 0 aliphatic carbocycles. The lowest BCUT2D eigenvalue weighted by atomic mass is 9.95. The first-order valence-corrected chi connectivity index (χ1v) is 4.35. The minimum absolute atomic E-state index is 0.241. The van der Waals surface area contributed by atoms with Crippen LogP contribution in [-0.4, -0.2) is 27.3 Å².